The molecular formula is C12H30N2O3Si. The van der Waals surface area contributed by atoms with Crippen LogP contribution in [-0.4, -0.2) is 48.4 Å². The fraction of sp³-hybridized carbons (Fsp3) is 1.00. The molecule has 1 fully saturated rings. The van der Waals surface area contributed by atoms with Gasteiger partial charge in [0.1, 0.15) is 0 Å². The number of rotatable bonds is 8. The van der Waals surface area contributed by atoms with Crippen molar-refractivity contribution in [1.82, 2.24) is 10.6 Å². The predicted molar refractivity (Wildman–Crippen MR) is 76.6 cm³/mol. The third-order valence-corrected chi connectivity index (χ3v) is 5.68. The molecule has 18 heavy (non-hydrogen) atoms. The SMILES string of the molecule is C1CNCN1.CCC[Si](OCC)(OCC)OCC. The monoisotopic (exact) mass is 278 g/mol. The van der Waals surface area contributed by atoms with Gasteiger partial charge in [-0.3, -0.25) is 0 Å². The van der Waals surface area contributed by atoms with Crippen molar-refractivity contribution in [3.05, 3.63) is 0 Å². The van der Waals surface area contributed by atoms with Gasteiger partial charge in [-0.15, -0.1) is 0 Å². The molecule has 1 rings (SSSR count). The van der Waals surface area contributed by atoms with Crippen LogP contribution in [0.3, 0.4) is 0 Å². The first-order valence-corrected chi connectivity index (χ1v) is 9.01. The van der Waals surface area contributed by atoms with E-state index in [0.717, 1.165) is 32.2 Å². The minimum Gasteiger partial charge on any atom is -0.374 e. The number of hydrogen-bond donors (Lipinski definition) is 2. The van der Waals surface area contributed by atoms with Crippen LogP contribution in [0.2, 0.25) is 6.04 Å². The van der Waals surface area contributed by atoms with Gasteiger partial charge in [0.2, 0.25) is 0 Å². The molecule has 1 heterocycles. The molecule has 0 aromatic rings. The smallest absolute Gasteiger partial charge is 0.374 e. The van der Waals surface area contributed by atoms with Crippen LogP contribution >= 0.6 is 0 Å². The third kappa shape index (κ3) is 8.18. The molecule has 0 unspecified atom stereocenters. The molecule has 6 heteroatoms. The molecule has 1 saturated heterocycles. The maximum atomic E-state index is 5.65. The molecule has 0 aliphatic carbocycles. The van der Waals surface area contributed by atoms with Crippen LogP contribution in [0.4, 0.5) is 0 Å². The van der Waals surface area contributed by atoms with Crippen molar-refractivity contribution in [2.75, 3.05) is 39.6 Å². The van der Waals surface area contributed by atoms with Crippen LogP contribution in [0.1, 0.15) is 34.1 Å². The van der Waals surface area contributed by atoms with E-state index in [9.17, 15) is 0 Å². The van der Waals surface area contributed by atoms with E-state index in [0.29, 0.717) is 19.8 Å². The second-order valence-electron chi connectivity index (χ2n) is 3.91. The van der Waals surface area contributed by atoms with Gasteiger partial charge in [-0.1, -0.05) is 13.3 Å². The summed E-state index contributed by atoms with van der Waals surface area (Å²) in [5.41, 5.74) is 0. The summed E-state index contributed by atoms with van der Waals surface area (Å²) in [5, 5.41) is 6.22. The second kappa shape index (κ2) is 12.1. The van der Waals surface area contributed by atoms with Crippen molar-refractivity contribution in [2.45, 2.75) is 40.2 Å². The minimum atomic E-state index is -2.30. The summed E-state index contributed by atoms with van der Waals surface area (Å²) in [6.07, 6.45) is 1.05. The minimum absolute atomic E-state index is 0.673. The van der Waals surface area contributed by atoms with Crippen LogP contribution in [-0.2, 0) is 13.3 Å². The Morgan fingerprint density at radius 1 is 0.833 bits per heavy atom. The summed E-state index contributed by atoms with van der Waals surface area (Å²) in [7, 11) is -2.30. The average molecular weight is 278 g/mol. The van der Waals surface area contributed by atoms with E-state index in [4.69, 9.17) is 13.3 Å². The van der Waals surface area contributed by atoms with E-state index >= 15 is 0 Å². The molecule has 0 aromatic heterocycles. The highest BCUT2D eigenvalue weighted by Gasteiger charge is 2.38. The number of nitrogens with one attached hydrogen (secondary N) is 2. The Hall–Kier alpha value is 0.0169. The predicted octanol–water partition coefficient (Wildman–Crippen LogP) is 1.58. The Labute approximate surface area is 113 Å². The Bertz CT molecular complexity index is 144. The third-order valence-electron chi connectivity index (χ3n) is 2.38. The fourth-order valence-corrected chi connectivity index (χ4v) is 4.36. The zero-order valence-electron chi connectivity index (χ0n) is 12.4. The van der Waals surface area contributed by atoms with Crippen molar-refractivity contribution < 1.29 is 13.3 Å². The zero-order chi connectivity index (χ0) is 13.7. The molecule has 1 aliphatic heterocycles. The van der Waals surface area contributed by atoms with Gasteiger partial charge in [0.05, 0.1) is 0 Å². The molecule has 0 radical (unpaired) electrons. The van der Waals surface area contributed by atoms with Gasteiger partial charge in [0.15, 0.2) is 0 Å². The van der Waals surface area contributed by atoms with E-state index in [2.05, 4.69) is 17.6 Å². The lowest BCUT2D eigenvalue weighted by molar-refractivity contribution is 0.0712. The lowest BCUT2D eigenvalue weighted by Crippen LogP contribution is -2.45. The summed E-state index contributed by atoms with van der Waals surface area (Å²) in [6.45, 7) is 13.4. The molecule has 110 valence electrons. The molecule has 0 saturated carbocycles. The highest BCUT2D eigenvalue weighted by molar-refractivity contribution is 6.60. The molecule has 1 aliphatic rings. The Morgan fingerprint density at radius 2 is 1.28 bits per heavy atom. The molecule has 0 bridgehead atoms. The largest absolute Gasteiger partial charge is 0.500 e. The Kier molecular flexibility index (Phi) is 12.1. The van der Waals surface area contributed by atoms with Gasteiger partial charge in [-0.2, -0.15) is 0 Å². The fourth-order valence-electron chi connectivity index (χ4n) is 1.75. The maximum Gasteiger partial charge on any atom is 0.500 e. The summed E-state index contributed by atoms with van der Waals surface area (Å²) in [6, 6.07) is 0.919. The molecule has 0 spiro atoms. The highest BCUT2D eigenvalue weighted by Crippen LogP contribution is 2.17. The molecule has 2 N–H and O–H groups in total. The molecule has 0 atom stereocenters. The normalized spacial score (nSPS) is 15.3. The summed E-state index contributed by atoms with van der Waals surface area (Å²) < 4.78 is 16.9. The lowest BCUT2D eigenvalue weighted by Gasteiger charge is -2.27. The van der Waals surface area contributed by atoms with Gasteiger partial charge in [-0.05, 0) is 20.8 Å². The van der Waals surface area contributed by atoms with Crippen LogP contribution in [0.15, 0.2) is 0 Å². The highest BCUT2D eigenvalue weighted by atomic mass is 28.4. The zero-order valence-corrected chi connectivity index (χ0v) is 13.4. The first-order chi connectivity index (χ1) is 8.74. The molecule has 0 amide bonds. The van der Waals surface area contributed by atoms with Crippen molar-refractivity contribution in [3.63, 3.8) is 0 Å². The molecule has 0 aromatic carbocycles. The van der Waals surface area contributed by atoms with Gasteiger partial charge in [0, 0.05) is 45.6 Å². The first-order valence-electron chi connectivity index (χ1n) is 7.07. The lowest BCUT2D eigenvalue weighted by atomic mass is 10.6. The van der Waals surface area contributed by atoms with E-state index < -0.39 is 8.80 Å². The van der Waals surface area contributed by atoms with E-state index in [1.165, 1.54) is 0 Å². The quantitative estimate of drug-likeness (QED) is 0.660. The van der Waals surface area contributed by atoms with Crippen LogP contribution in [0, 0.1) is 0 Å². The van der Waals surface area contributed by atoms with E-state index in [1.54, 1.807) is 0 Å². The van der Waals surface area contributed by atoms with Crippen LogP contribution in [0.5, 0.6) is 0 Å². The van der Waals surface area contributed by atoms with Gasteiger partial charge in [0.25, 0.3) is 0 Å². The van der Waals surface area contributed by atoms with Gasteiger partial charge in [-0.25, -0.2) is 0 Å². The second-order valence-corrected chi connectivity index (χ2v) is 6.64. The summed E-state index contributed by atoms with van der Waals surface area (Å²) >= 11 is 0. The van der Waals surface area contributed by atoms with Crippen molar-refractivity contribution in [3.8, 4) is 0 Å². The van der Waals surface area contributed by atoms with E-state index in [-0.39, 0.29) is 0 Å². The number of hydrogen-bond acceptors (Lipinski definition) is 5. The topological polar surface area (TPSA) is 51.8 Å². The van der Waals surface area contributed by atoms with Crippen molar-refractivity contribution in [2.24, 2.45) is 0 Å². The summed E-state index contributed by atoms with van der Waals surface area (Å²) in [4.78, 5) is 0. The van der Waals surface area contributed by atoms with E-state index in [1.807, 2.05) is 20.8 Å². The maximum absolute atomic E-state index is 5.65. The van der Waals surface area contributed by atoms with Crippen LogP contribution < -0.4 is 10.6 Å². The van der Waals surface area contributed by atoms with Crippen molar-refractivity contribution >= 4 is 8.80 Å². The first kappa shape index (κ1) is 18.0. The van der Waals surface area contributed by atoms with Crippen LogP contribution in [0.25, 0.3) is 0 Å². The molecular weight excluding hydrogens is 248 g/mol. The van der Waals surface area contributed by atoms with Gasteiger partial charge >= 0.3 is 8.80 Å². The Balaban J connectivity index is 0.000000473. The molecule has 5 nitrogen and oxygen atoms in total. The van der Waals surface area contributed by atoms with Crippen molar-refractivity contribution in [1.29, 1.82) is 0 Å². The summed E-state index contributed by atoms with van der Waals surface area (Å²) in [5.74, 6) is 0. The standard InChI is InChI=1S/C9H22O3Si.C3H8N2/c1-5-9-13(10-6-2,11-7-3)12-8-4;1-2-5-3-4-1/h5-9H2,1-4H3;4-5H,1-3H2. The Morgan fingerprint density at radius 3 is 1.50 bits per heavy atom. The van der Waals surface area contributed by atoms with Gasteiger partial charge < -0.3 is 23.9 Å². The average Bonchev–Trinajstić information content (AvgIpc) is 2.89.